The van der Waals surface area contributed by atoms with Gasteiger partial charge in [0.15, 0.2) is 11.5 Å². The zero-order chi connectivity index (χ0) is 23.1. The molecule has 0 aromatic heterocycles. The summed E-state index contributed by atoms with van der Waals surface area (Å²) in [6.45, 7) is 0.0579. The van der Waals surface area contributed by atoms with E-state index in [2.05, 4.69) is 10.5 Å². The molecule has 164 valence electrons. The van der Waals surface area contributed by atoms with E-state index in [9.17, 15) is 14.9 Å². The van der Waals surface area contributed by atoms with Crippen molar-refractivity contribution in [2.24, 2.45) is 5.10 Å². The van der Waals surface area contributed by atoms with E-state index in [1.54, 1.807) is 48.5 Å². The van der Waals surface area contributed by atoms with Gasteiger partial charge in [-0.2, -0.15) is 5.10 Å². The van der Waals surface area contributed by atoms with Gasteiger partial charge in [-0.25, -0.2) is 5.43 Å². The number of hydrazone groups is 1. The van der Waals surface area contributed by atoms with Crippen LogP contribution in [0.25, 0.3) is 0 Å². The highest BCUT2D eigenvalue weighted by Gasteiger charge is 2.13. The van der Waals surface area contributed by atoms with Gasteiger partial charge < -0.3 is 9.47 Å². The second kappa shape index (κ2) is 10.6. The van der Waals surface area contributed by atoms with Crippen molar-refractivity contribution < 1.29 is 19.2 Å². The molecular formula is C22H17Cl2N3O5. The van der Waals surface area contributed by atoms with Crippen LogP contribution < -0.4 is 14.9 Å². The second-order valence-electron chi connectivity index (χ2n) is 6.46. The predicted molar refractivity (Wildman–Crippen MR) is 122 cm³/mol. The number of nitro groups is 1. The number of carbonyl (C=O) groups is 1. The number of hydrogen-bond acceptors (Lipinski definition) is 6. The van der Waals surface area contributed by atoms with Crippen molar-refractivity contribution in [3.05, 3.63) is 97.5 Å². The Morgan fingerprint density at radius 1 is 1.16 bits per heavy atom. The molecule has 0 spiro atoms. The van der Waals surface area contributed by atoms with Crippen LogP contribution in [-0.2, 0) is 6.61 Å². The van der Waals surface area contributed by atoms with E-state index in [1.807, 2.05) is 0 Å². The Labute approximate surface area is 193 Å². The molecule has 3 aromatic rings. The fraction of sp³-hybridized carbons (Fsp3) is 0.0909. The SMILES string of the molecule is COc1cc(/C=N\NC(=O)c2ccc(Cl)cc2)cc(Cl)c1OCc1cccc([N+](=O)[O-])c1. The monoisotopic (exact) mass is 473 g/mol. The van der Waals surface area contributed by atoms with E-state index in [0.29, 0.717) is 27.5 Å². The topological polar surface area (TPSA) is 103 Å². The smallest absolute Gasteiger partial charge is 0.271 e. The number of halogens is 2. The fourth-order valence-corrected chi connectivity index (χ4v) is 3.10. The van der Waals surface area contributed by atoms with Gasteiger partial charge in [0.1, 0.15) is 6.61 Å². The Morgan fingerprint density at radius 3 is 2.59 bits per heavy atom. The van der Waals surface area contributed by atoms with Crippen molar-refractivity contribution >= 4 is 41.0 Å². The minimum atomic E-state index is -0.475. The van der Waals surface area contributed by atoms with Gasteiger partial charge in [0, 0.05) is 22.7 Å². The highest BCUT2D eigenvalue weighted by atomic mass is 35.5. The summed E-state index contributed by atoms with van der Waals surface area (Å²) >= 11 is 12.1. The molecule has 0 fully saturated rings. The summed E-state index contributed by atoms with van der Waals surface area (Å²) in [5, 5.41) is 15.6. The van der Waals surface area contributed by atoms with Gasteiger partial charge in [0.05, 0.1) is 23.3 Å². The summed E-state index contributed by atoms with van der Waals surface area (Å²) in [4.78, 5) is 22.5. The maximum atomic E-state index is 12.1. The zero-order valence-corrected chi connectivity index (χ0v) is 18.3. The Kier molecular flexibility index (Phi) is 7.64. The van der Waals surface area contributed by atoms with Gasteiger partial charge >= 0.3 is 0 Å². The number of methoxy groups -OCH3 is 1. The van der Waals surface area contributed by atoms with Gasteiger partial charge in [-0.1, -0.05) is 35.3 Å². The fourth-order valence-electron chi connectivity index (χ4n) is 2.70. The van der Waals surface area contributed by atoms with Gasteiger partial charge in [-0.15, -0.1) is 0 Å². The molecule has 8 nitrogen and oxygen atoms in total. The maximum Gasteiger partial charge on any atom is 0.271 e. The van der Waals surface area contributed by atoms with E-state index in [0.717, 1.165) is 0 Å². The minimum Gasteiger partial charge on any atom is -0.493 e. The lowest BCUT2D eigenvalue weighted by atomic mass is 10.2. The van der Waals surface area contributed by atoms with Crippen molar-refractivity contribution in [3.8, 4) is 11.5 Å². The van der Waals surface area contributed by atoms with Crippen molar-refractivity contribution in [2.45, 2.75) is 6.61 Å². The Balaban J connectivity index is 1.69. The molecule has 0 aliphatic heterocycles. The molecule has 3 rings (SSSR count). The molecule has 0 aliphatic rings. The summed E-state index contributed by atoms with van der Waals surface area (Å²) < 4.78 is 11.1. The van der Waals surface area contributed by atoms with E-state index in [4.69, 9.17) is 32.7 Å². The number of nitro benzene ring substituents is 1. The van der Waals surface area contributed by atoms with Crippen LogP contribution in [0, 0.1) is 10.1 Å². The first-order valence-electron chi connectivity index (χ1n) is 9.20. The number of amides is 1. The lowest BCUT2D eigenvalue weighted by Gasteiger charge is -2.13. The Hall–Kier alpha value is -3.62. The first-order chi connectivity index (χ1) is 15.4. The molecule has 0 bridgehead atoms. The first-order valence-corrected chi connectivity index (χ1v) is 9.95. The number of hydrogen-bond donors (Lipinski definition) is 1. The molecule has 0 unspecified atom stereocenters. The Morgan fingerprint density at radius 2 is 1.91 bits per heavy atom. The van der Waals surface area contributed by atoms with E-state index in [1.165, 1.54) is 25.5 Å². The molecule has 32 heavy (non-hydrogen) atoms. The average Bonchev–Trinajstić information content (AvgIpc) is 2.78. The van der Waals surface area contributed by atoms with Crippen molar-refractivity contribution in [1.29, 1.82) is 0 Å². The lowest BCUT2D eigenvalue weighted by molar-refractivity contribution is -0.384. The summed E-state index contributed by atoms with van der Waals surface area (Å²) in [6.07, 6.45) is 1.41. The van der Waals surface area contributed by atoms with Crippen LogP contribution in [0.4, 0.5) is 5.69 Å². The third-order valence-corrected chi connectivity index (χ3v) is 4.78. The molecule has 3 aromatic carbocycles. The summed E-state index contributed by atoms with van der Waals surface area (Å²) in [5.41, 5.74) is 3.96. The number of nitrogens with one attached hydrogen (secondary N) is 1. The van der Waals surface area contributed by atoms with Crippen LogP contribution in [0.2, 0.25) is 10.0 Å². The largest absolute Gasteiger partial charge is 0.493 e. The third kappa shape index (κ3) is 5.96. The number of rotatable bonds is 8. The van der Waals surface area contributed by atoms with Crippen LogP contribution in [0.5, 0.6) is 11.5 Å². The lowest BCUT2D eigenvalue weighted by Crippen LogP contribution is -2.17. The van der Waals surface area contributed by atoms with E-state index >= 15 is 0 Å². The molecule has 0 atom stereocenters. The number of carbonyl (C=O) groups excluding carboxylic acids is 1. The van der Waals surface area contributed by atoms with Crippen LogP contribution >= 0.6 is 23.2 Å². The molecular weight excluding hydrogens is 457 g/mol. The predicted octanol–water partition coefficient (Wildman–Crippen LogP) is 5.25. The number of benzene rings is 3. The van der Waals surface area contributed by atoms with Gasteiger partial charge in [-0.3, -0.25) is 14.9 Å². The third-order valence-electron chi connectivity index (χ3n) is 4.24. The second-order valence-corrected chi connectivity index (χ2v) is 7.30. The molecule has 10 heteroatoms. The normalized spacial score (nSPS) is 10.7. The van der Waals surface area contributed by atoms with Crippen molar-refractivity contribution in [3.63, 3.8) is 0 Å². The minimum absolute atomic E-state index is 0.0311. The first kappa shape index (κ1) is 23.1. The molecule has 0 heterocycles. The summed E-state index contributed by atoms with van der Waals surface area (Å²) in [7, 11) is 1.45. The summed E-state index contributed by atoms with van der Waals surface area (Å²) in [6, 6.07) is 15.7. The number of nitrogens with zero attached hydrogens (tertiary/aromatic N) is 2. The van der Waals surface area contributed by atoms with Gasteiger partial charge in [-0.05, 0) is 47.5 Å². The molecule has 0 radical (unpaired) electrons. The van der Waals surface area contributed by atoms with Crippen molar-refractivity contribution in [2.75, 3.05) is 7.11 Å². The van der Waals surface area contributed by atoms with Gasteiger partial charge in [0.25, 0.3) is 11.6 Å². The van der Waals surface area contributed by atoms with Crippen LogP contribution in [-0.4, -0.2) is 24.2 Å². The number of ether oxygens (including phenoxy) is 2. The van der Waals surface area contributed by atoms with Crippen LogP contribution in [0.1, 0.15) is 21.5 Å². The highest BCUT2D eigenvalue weighted by Crippen LogP contribution is 2.36. The Bertz CT molecular complexity index is 1170. The van der Waals surface area contributed by atoms with E-state index < -0.39 is 10.8 Å². The van der Waals surface area contributed by atoms with Gasteiger partial charge in [0.2, 0.25) is 0 Å². The maximum absolute atomic E-state index is 12.1. The molecule has 0 saturated carbocycles. The average molecular weight is 474 g/mol. The quantitative estimate of drug-likeness (QED) is 0.273. The van der Waals surface area contributed by atoms with E-state index in [-0.39, 0.29) is 23.1 Å². The molecule has 0 saturated heterocycles. The highest BCUT2D eigenvalue weighted by molar-refractivity contribution is 6.32. The van der Waals surface area contributed by atoms with Crippen molar-refractivity contribution in [1.82, 2.24) is 5.43 Å². The zero-order valence-electron chi connectivity index (χ0n) is 16.7. The standard InChI is InChI=1S/C22H17Cl2N3O5/c1-31-20-11-15(12-25-26-22(28)16-5-7-17(23)8-6-16)10-19(24)21(20)32-13-14-3-2-4-18(9-14)27(29)30/h2-12H,13H2,1H3,(H,26,28)/b25-12-. The van der Waals surface area contributed by atoms with Crippen LogP contribution in [0.15, 0.2) is 65.8 Å². The number of non-ortho nitro benzene ring substituents is 1. The molecule has 1 N–H and O–H groups in total. The summed E-state index contributed by atoms with van der Waals surface area (Å²) in [5.74, 6) is 0.226. The molecule has 0 aliphatic carbocycles. The molecule has 1 amide bonds. The van der Waals surface area contributed by atoms with Crippen LogP contribution in [0.3, 0.4) is 0 Å².